The van der Waals surface area contributed by atoms with Gasteiger partial charge in [0.1, 0.15) is 11.5 Å². The van der Waals surface area contributed by atoms with E-state index in [1.165, 1.54) is 23.8 Å². The number of methoxy groups -OCH3 is 1. The topological polar surface area (TPSA) is 59.8 Å². The largest absolute Gasteiger partial charge is 0.465 e. The van der Waals surface area contributed by atoms with Crippen molar-refractivity contribution < 1.29 is 18.7 Å². The lowest BCUT2D eigenvalue weighted by Gasteiger charge is -2.14. The summed E-state index contributed by atoms with van der Waals surface area (Å²) >= 11 is 6.67. The van der Waals surface area contributed by atoms with Gasteiger partial charge in [0.2, 0.25) is 0 Å². The summed E-state index contributed by atoms with van der Waals surface area (Å²) in [5.74, 6) is 0.618. The average molecular weight is 436 g/mol. The van der Waals surface area contributed by atoms with Crippen LogP contribution in [0, 0.1) is 6.92 Å². The third-order valence-electron chi connectivity index (χ3n) is 4.54. The quantitative estimate of drug-likeness (QED) is 0.309. The van der Waals surface area contributed by atoms with Crippen LogP contribution in [0.4, 0.5) is 5.69 Å². The zero-order valence-corrected chi connectivity index (χ0v) is 17.9. The summed E-state index contributed by atoms with van der Waals surface area (Å²) in [6.07, 6.45) is 1.70. The van der Waals surface area contributed by atoms with Crippen molar-refractivity contribution in [2.75, 3.05) is 12.0 Å². The van der Waals surface area contributed by atoms with Gasteiger partial charge in [0.05, 0.1) is 23.3 Å². The van der Waals surface area contributed by atoms with Gasteiger partial charge in [-0.05, 0) is 48.9 Å². The normalized spacial score (nSPS) is 15.1. The number of furan rings is 1. The lowest BCUT2D eigenvalue weighted by molar-refractivity contribution is -0.113. The fourth-order valence-corrected chi connectivity index (χ4v) is 4.34. The number of hydrogen-bond donors (Lipinski definition) is 0. The smallest absolute Gasteiger partial charge is 0.337 e. The van der Waals surface area contributed by atoms with Crippen LogP contribution in [0.5, 0.6) is 0 Å². The summed E-state index contributed by atoms with van der Waals surface area (Å²) in [6, 6.07) is 18.2. The average Bonchev–Trinajstić information content (AvgIpc) is 3.32. The summed E-state index contributed by atoms with van der Waals surface area (Å²) in [7, 11) is 1.34. The molecule has 3 aromatic rings. The monoisotopic (exact) mass is 435 g/mol. The number of thiocarbonyl (C=S) groups is 1. The Bertz CT molecular complexity index is 1180. The van der Waals surface area contributed by atoms with Gasteiger partial charge in [-0.25, -0.2) is 4.79 Å². The summed E-state index contributed by atoms with van der Waals surface area (Å²) in [5, 5.41) is 0. The third kappa shape index (κ3) is 3.94. The van der Waals surface area contributed by atoms with E-state index in [2.05, 4.69) is 0 Å². The van der Waals surface area contributed by atoms with Gasteiger partial charge in [-0.3, -0.25) is 9.69 Å². The van der Waals surface area contributed by atoms with E-state index in [0.717, 1.165) is 16.8 Å². The SMILES string of the molecule is COC(=O)c1ccc(-c2ccc(/C=C3\SC(=S)N(c4cccc(C)c4)C3=O)o2)cc1. The number of nitrogens with zero attached hydrogens (tertiary/aromatic N) is 1. The predicted octanol–water partition coefficient (Wildman–Crippen LogP) is 5.45. The van der Waals surface area contributed by atoms with Crippen molar-refractivity contribution in [1.29, 1.82) is 0 Å². The summed E-state index contributed by atoms with van der Waals surface area (Å²) in [6.45, 7) is 1.97. The van der Waals surface area contributed by atoms with Crippen molar-refractivity contribution in [2.24, 2.45) is 0 Å². The van der Waals surface area contributed by atoms with Crippen LogP contribution < -0.4 is 4.90 Å². The molecule has 4 rings (SSSR count). The number of carbonyl (C=O) groups excluding carboxylic acids is 2. The molecular weight excluding hydrogens is 418 g/mol. The second kappa shape index (κ2) is 8.30. The van der Waals surface area contributed by atoms with E-state index >= 15 is 0 Å². The van der Waals surface area contributed by atoms with Crippen LogP contribution in [0.3, 0.4) is 0 Å². The van der Waals surface area contributed by atoms with E-state index in [9.17, 15) is 9.59 Å². The van der Waals surface area contributed by atoms with E-state index in [-0.39, 0.29) is 5.91 Å². The first-order chi connectivity index (χ1) is 14.5. The van der Waals surface area contributed by atoms with Crippen molar-refractivity contribution >= 4 is 51.9 Å². The minimum atomic E-state index is -0.391. The Morgan fingerprint density at radius 3 is 2.60 bits per heavy atom. The standard InChI is InChI=1S/C23H17NO4S2/c1-14-4-3-5-17(12-14)24-21(25)20(30-23(24)29)13-18-10-11-19(28-18)15-6-8-16(9-7-15)22(26)27-2/h3-13H,1-2H3/b20-13-. The van der Waals surface area contributed by atoms with Crippen LogP contribution in [-0.2, 0) is 9.53 Å². The van der Waals surface area contributed by atoms with Crippen LogP contribution in [0.25, 0.3) is 17.4 Å². The molecule has 0 N–H and O–H groups in total. The van der Waals surface area contributed by atoms with Gasteiger partial charge in [-0.2, -0.15) is 0 Å². The number of carbonyl (C=O) groups is 2. The Hall–Kier alpha value is -3.16. The first kappa shape index (κ1) is 20.1. The summed E-state index contributed by atoms with van der Waals surface area (Å²) in [5.41, 5.74) is 3.09. The maximum atomic E-state index is 12.9. The summed E-state index contributed by atoms with van der Waals surface area (Å²) < 4.78 is 11.1. The molecule has 150 valence electrons. The van der Waals surface area contributed by atoms with Gasteiger partial charge < -0.3 is 9.15 Å². The first-order valence-corrected chi connectivity index (χ1v) is 10.3. The van der Waals surface area contributed by atoms with E-state index in [4.69, 9.17) is 21.4 Å². The minimum absolute atomic E-state index is 0.170. The van der Waals surface area contributed by atoms with E-state index in [1.54, 1.807) is 36.4 Å². The molecule has 1 fully saturated rings. The molecule has 7 heteroatoms. The lowest BCUT2D eigenvalue weighted by Crippen LogP contribution is -2.27. The number of aryl methyl sites for hydroxylation is 1. The predicted molar refractivity (Wildman–Crippen MR) is 122 cm³/mol. The Labute approximate surface area is 183 Å². The number of hydrogen-bond acceptors (Lipinski definition) is 6. The molecule has 1 aromatic heterocycles. The molecule has 2 heterocycles. The van der Waals surface area contributed by atoms with Gasteiger partial charge in [0.15, 0.2) is 4.32 Å². The maximum Gasteiger partial charge on any atom is 0.337 e. The van der Waals surface area contributed by atoms with Crippen LogP contribution in [-0.4, -0.2) is 23.3 Å². The Kier molecular flexibility index (Phi) is 5.57. The number of ether oxygens (including phenoxy) is 1. The zero-order chi connectivity index (χ0) is 21.3. The highest BCUT2D eigenvalue weighted by atomic mass is 32.2. The van der Waals surface area contributed by atoms with Crippen molar-refractivity contribution in [3.8, 4) is 11.3 Å². The fourth-order valence-electron chi connectivity index (χ4n) is 3.06. The number of thioether (sulfide) groups is 1. The molecule has 5 nitrogen and oxygen atoms in total. The molecule has 1 amide bonds. The number of anilines is 1. The molecule has 1 aliphatic heterocycles. The second-order valence-corrected chi connectivity index (χ2v) is 8.30. The van der Waals surface area contributed by atoms with Crippen molar-refractivity contribution in [2.45, 2.75) is 6.92 Å². The van der Waals surface area contributed by atoms with Gasteiger partial charge in [0, 0.05) is 11.6 Å². The van der Waals surface area contributed by atoms with E-state index in [0.29, 0.717) is 26.3 Å². The number of amides is 1. The third-order valence-corrected chi connectivity index (χ3v) is 5.85. The molecule has 0 unspecified atom stereocenters. The number of esters is 1. The maximum absolute atomic E-state index is 12.9. The van der Waals surface area contributed by atoms with Crippen LogP contribution in [0.15, 0.2) is 70.0 Å². The first-order valence-electron chi connectivity index (χ1n) is 9.09. The highest BCUT2D eigenvalue weighted by Gasteiger charge is 2.33. The van der Waals surface area contributed by atoms with Crippen LogP contribution in [0.1, 0.15) is 21.7 Å². The number of rotatable bonds is 4. The Morgan fingerprint density at radius 1 is 1.13 bits per heavy atom. The highest BCUT2D eigenvalue weighted by molar-refractivity contribution is 8.27. The Morgan fingerprint density at radius 2 is 1.90 bits per heavy atom. The Balaban J connectivity index is 1.56. The fraction of sp³-hybridized carbons (Fsp3) is 0.0870. The second-order valence-electron chi connectivity index (χ2n) is 6.63. The minimum Gasteiger partial charge on any atom is -0.465 e. The molecule has 2 aromatic carbocycles. The van der Waals surface area contributed by atoms with Crippen molar-refractivity contribution in [3.05, 3.63) is 82.5 Å². The van der Waals surface area contributed by atoms with Crippen molar-refractivity contribution in [3.63, 3.8) is 0 Å². The molecule has 1 aliphatic rings. The molecule has 1 saturated heterocycles. The van der Waals surface area contributed by atoms with E-state index < -0.39 is 5.97 Å². The molecule has 0 radical (unpaired) electrons. The molecule has 0 saturated carbocycles. The summed E-state index contributed by atoms with van der Waals surface area (Å²) in [4.78, 5) is 26.5. The zero-order valence-electron chi connectivity index (χ0n) is 16.2. The molecular formula is C23H17NO4S2. The van der Waals surface area contributed by atoms with Gasteiger partial charge in [0.25, 0.3) is 5.91 Å². The van der Waals surface area contributed by atoms with Gasteiger partial charge in [-0.1, -0.05) is 48.2 Å². The molecule has 0 atom stereocenters. The molecule has 0 aliphatic carbocycles. The molecule has 30 heavy (non-hydrogen) atoms. The molecule has 0 spiro atoms. The van der Waals surface area contributed by atoms with Crippen LogP contribution >= 0.6 is 24.0 Å². The van der Waals surface area contributed by atoms with Gasteiger partial charge >= 0.3 is 5.97 Å². The lowest BCUT2D eigenvalue weighted by atomic mass is 10.1. The van der Waals surface area contributed by atoms with Crippen molar-refractivity contribution in [1.82, 2.24) is 0 Å². The molecule has 0 bridgehead atoms. The van der Waals surface area contributed by atoms with Crippen LogP contribution in [0.2, 0.25) is 0 Å². The highest BCUT2D eigenvalue weighted by Crippen LogP contribution is 2.36. The van der Waals surface area contributed by atoms with E-state index in [1.807, 2.05) is 37.3 Å². The van der Waals surface area contributed by atoms with Gasteiger partial charge in [-0.15, -0.1) is 0 Å². The number of benzene rings is 2.